The summed E-state index contributed by atoms with van der Waals surface area (Å²) in [5.41, 5.74) is 1.60. The third-order valence-electron chi connectivity index (χ3n) is 4.66. The Morgan fingerprint density at radius 2 is 2.04 bits per heavy atom. The molecule has 0 saturated carbocycles. The first-order chi connectivity index (χ1) is 12.7. The monoisotopic (exact) mass is 369 g/mol. The van der Waals surface area contributed by atoms with Crippen molar-refractivity contribution in [3.63, 3.8) is 0 Å². The molecule has 26 heavy (non-hydrogen) atoms. The zero-order valence-electron chi connectivity index (χ0n) is 14.3. The van der Waals surface area contributed by atoms with Gasteiger partial charge >= 0.3 is 5.69 Å². The molecule has 0 amide bonds. The van der Waals surface area contributed by atoms with Crippen molar-refractivity contribution in [3.05, 3.63) is 75.7 Å². The Hall–Kier alpha value is -2.44. The van der Waals surface area contributed by atoms with Gasteiger partial charge in [-0.3, -0.25) is 0 Å². The maximum Gasteiger partial charge on any atom is 0.350 e. The maximum absolute atomic E-state index is 13.1. The number of halogens is 1. The molecule has 1 fully saturated rings. The molecular formula is C19H20ClN5O. The van der Waals surface area contributed by atoms with E-state index in [1.54, 1.807) is 16.8 Å². The Kier molecular flexibility index (Phi) is 4.86. The van der Waals surface area contributed by atoms with E-state index in [4.69, 9.17) is 16.7 Å². The van der Waals surface area contributed by atoms with Gasteiger partial charge in [-0.1, -0.05) is 35.9 Å². The van der Waals surface area contributed by atoms with Gasteiger partial charge in [0.1, 0.15) is 11.0 Å². The number of nitrogens with zero attached hydrogens (tertiary/aromatic N) is 4. The molecule has 1 aromatic carbocycles. The highest BCUT2D eigenvalue weighted by molar-refractivity contribution is 6.29. The summed E-state index contributed by atoms with van der Waals surface area (Å²) in [5, 5.41) is 8.54. The molecule has 4 rings (SSSR count). The third kappa shape index (κ3) is 3.43. The molecule has 3 heterocycles. The first-order valence-corrected chi connectivity index (χ1v) is 9.16. The summed E-state index contributed by atoms with van der Waals surface area (Å²) in [6.07, 6.45) is 3.79. The number of pyridine rings is 1. The van der Waals surface area contributed by atoms with Crippen molar-refractivity contribution in [3.8, 4) is 5.69 Å². The predicted molar refractivity (Wildman–Crippen MR) is 101 cm³/mol. The number of benzene rings is 1. The average molecular weight is 370 g/mol. The van der Waals surface area contributed by atoms with Crippen LogP contribution in [0.15, 0.2) is 53.5 Å². The van der Waals surface area contributed by atoms with Crippen LogP contribution in [0, 0.1) is 0 Å². The standard InChI is InChI=1S/C19H20ClN5O/c20-17-9-8-14(11-22-17)13-24-19(26)25(16-6-2-1-3-7-16)18(23-24)15-5-4-10-21-12-15/h1-3,6-9,11,15,21H,4-5,10,12-13H2/t15-/m1/s1. The summed E-state index contributed by atoms with van der Waals surface area (Å²) < 4.78 is 3.25. The normalized spacial score (nSPS) is 17.3. The molecule has 1 aliphatic rings. The SMILES string of the molecule is O=c1n(Cc2ccc(Cl)nc2)nc([C@@H]2CCCNC2)n1-c1ccccc1. The summed E-state index contributed by atoms with van der Waals surface area (Å²) in [6.45, 7) is 2.23. The lowest BCUT2D eigenvalue weighted by Crippen LogP contribution is -2.31. The van der Waals surface area contributed by atoms with Gasteiger partial charge in [0.25, 0.3) is 0 Å². The van der Waals surface area contributed by atoms with Gasteiger partial charge in [-0.05, 0) is 43.1 Å². The van der Waals surface area contributed by atoms with Crippen molar-refractivity contribution in [1.29, 1.82) is 0 Å². The van der Waals surface area contributed by atoms with Crippen LogP contribution in [0.4, 0.5) is 0 Å². The van der Waals surface area contributed by atoms with Gasteiger partial charge in [0.2, 0.25) is 0 Å². The molecule has 0 bridgehead atoms. The Balaban J connectivity index is 1.76. The number of hydrogen-bond donors (Lipinski definition) is 1. The zero-order chi connectivity index (χ0) is 17.9. The van der Waals surface area contributed by atoms with Gasteiger partial charge in [0.05, 0.1) is 12.2 Å². The fourth-order valence-electron chi connectivity index (χ4n) is 3.36. The molecule has 1 aliphatic heterocycles. The second-order valence-electron chi connectivity index (χ2n) is 6.50. The fourth-order valence-corrected chi connectivity index (χ4v) is 3.47. The third-order valence-corrected chi connectivity index (χ3v) is 4.89. The first kappa shape index (κ1) is 17.0. The van der Waals surface area contributed by atoms with Gasteiger partial charge in [-0.15, -0.1) is 0 Å². The largest absolute Gasteiger partial charge is 0.350 e. The van der Waals surface area contributed by atoms with Gasteiger partial charge in [0.15, 0.2) is 0 Å². The number of para-hydroxylation sites is 1. The number of hydrogen-bond acceptors (Lipinski definition) is 4. The molecule has 7 heteroatoms. The average Bonchev–Trinajstić information content (AvgIpc) is 3.01. The Morgan fingerprint density at radius 3 is 2.73 bits per heavy atom. The number of nitrogens with one attached hydrogen (secondary N) is 1. The van der Waals surface area contributed by atoms with Crippen molar-refractivity contribution in [2.24, 2.45) is 0 Å². The van der Waals surface area contributed by atoms with E-state index in [0.29, 0.717) is 11.7 Å². The van der Waals surface area contributed by atoms with Crippen LogP contribution in [-0.4, -0.2) is 32.4 Å². The van der Waals surface area contributed by atoms with E-state index < -0.39 is 0 Å². The van der Waals surface area contributed by atoms with Crippen LogP contribution in [0.3, 0.4) is 0 Å². The van der Waals surface area contributed by atoms with Crippen LogP contribution < -0.4 is 11.0 Å². The van der Waals surface area contributed by atoms with Crippen LogP contribution in [0.1, 0.15) is 30.1 Å². The minimum absolute atomic E-state index is 0.133. The van der Waals surface area contributed by atoms with Gasteiger partial charge < -0.3 is 5.32 Å². The highest BCUT2D eigenvalue weighted by Gasteiger charge is 2.24. The van der Waals surface area contributed by atoms with Crippen molar-refractivity contribution < 1.29 is 0 Å². The quantitative estimate of drug-likeness (QED) is 0.718. The van der Waals surface area contributed by atoms with Crippen LogP contribution in [-0.2, 0) is 6.54 Å². The van der Waals surface area contributed by atoms with Crippen LogP contribution in [0.25, 0.3) is 5.69 Å². The van der Waals surface area contributed by atoms with Gasteiger partial charge in [-0.25, -0.2) is 19.0 Å². The van der Waals surface area contributed by atoms with E-state index in [1.165, 1.54) is 4.68 Å². The number of rotatable bonds is 4. The second-order valence-corrected chi connectivity index (χ2v) is 6.89. The van der Waals surface area contributed by atoms with E-state index in [1.807, 2.05) is 36.4 Å². The lowest BCUT2D eigenvalue weighted by molar-refractivity contribution is 0.439. The molecule has 2 aromatic heterocycles. The van der Waals surface area contributed by atoms with Crippen molar-refractivity contribution >= 4 is 11.6 Å². The lowest BCUT2D eigenvalue weighted by Gasteiger charge is -2.22. The van der Waals surface area contributed by atoms with Crippen molar-refractivity contribution in [2.75, 3.05) is 13.1 Å². The Bertz CT molecular complexity index is 927. The summed E-state index contributed by atoms with van der Waals surface area (Å²) in [7, 11) is 0. The smallest absolute Gasteiger partial charge is 0.316 e. The lowest BCUT2D eigenvalue weighted by atomic mass is 9.99. The minimum atomic E-state index is -0.133. The second kappa shape index (κ2) is 7.43. The van der Waals surface area contributed by atoms with E-state index in [-0.39, 0.29) is 11.6 Å². The highest BCUT2D eigenvalue weighted by Crippen LogP contribution is 2.23. The topological polar surface area (TPSA) is 64.7 Å². The zero-order valence-corrected chi connectivity index (χ0v) is 15.1. The molecule has 1 atom stereocenters. The van der Waals surface area contributed by atoms with Crippen molar-refractivity contribution in [1.82, 2.24) is 24.6 Å². The maximum atomic E-state index is 13.1. The van der Waals surface area contributed by atoms with Crippen molar-refractivity contribution in [2.45, 2.75) is 25.3 Å². The summed E-state index contributed by atoms with van der Waals surface area (Å²) in [6, 6.07) is 13.3. The number of aromatic nitrogens is 4. The fraction of sp³-hybridized carbons (Fsp3) is 0.316. The van der Waals surface area contributed by atoms with Gasteiger partial charge in [-0.2, -0.15) is 5.10 Å². The van der Waals surface area contributed by atoms with Crippen LogP contribution >= 0.6 is 11.6 Å². The van der Waals surface area contributed by atoms with E-state index in [2.05, 4.69) is 10.3 Å². The predicted octanol–water partition coefficient (Wildman–Crippen LogP) is 2.60. The minimum Gasteiger partial charge on any atom is -0.316 e. The molecule has 1 N–H and O–H groups in total. The molecule has 134 valence electrons. The Labute approximate surface area is 156 Å². The summed E-state index contributed by atoms with van der Waals surface area (Å²) >= 11 is 5.85. The van der Waals surface area contributed by atoms with E-state index in [9.17, 15) is 4.79 Å². The van der Waals surface area contributed by atoms with Crippen LogP contribution in [0.5, 0.6) is 0 Å². The van der Waals surface area contributed by atoms with Crippen LogP contribution in [0.2, 0.25) is 5.15 Å². The molecule has 0 unspecified atom stereocenters. The van der Waals surface area contributed by atoms with E-state index in [0.717, 1.165) is 43.0 Å². The van der Waals surface area contributed by atoms with E-state index >= 15 is 0 Å². The molecule has 6 nitrogen and oxygen atoms in total. The van der Waals surface area contributed by atoms with Gasteiger partial charge in [0, 0.05) is 18.7 Å². The molecule has 1 saturated heterocycles. The molecule has 0 radical (unpaired) electrons. The molecule has 0 spiro atoms. The number of piperidine rings is 1. The molecule has 0 aliphatic carbocycles. The molecular weight excluding hydrogens is 350 g/mol. The molecule has 3 aromatic rings. The summed E-state index contributed by atoms with van der Waals surface area (Å²) in [4.78, 5) is 17.2. The first-order valence-electron chi connectivity index (χ1n) is 8.79. The Morgan fingerprint density at radius 1 is 1.19 bits per heavy atom. The highest BCUT2D eigenvalue weighted by atomic mass is 35.5. The summed E-state index contributed by atoms with van der Waals surface area (Å²) in [5.74, 6) is 1.04.